The van der Waals surface area contributed by atoms with E-state index in [0.717, 1.165) is 5.69 Å². The number of hydrogen-bond acceptors (Lipinski definition) is 3. The van der Waals surface area contributed by atoms with Crippen LogP contribution in [0.2, 0.25) is 0 Å². The molecule has 0 bridgehead atoms. The van der Waals surface area contributed by atoms with Crippen molar-refractivity contribution in [3.05, 3.63) is 76.2 Å². The van der Waals surface area contributed by atoms with Crippen LogP contribution in [-0.2, 0) is 0 Å². The predicted octanol–water partition coefficient (Wildman–Crippen LogP) is 3.36. The SMILES string of the molecule is Cc1nc(=O)c(-c2ccc(F)cc2)c(C)n1-c1ccc(O)cc1. The second-order valence-corrected chi connectivity index (χ2v) is 5.28. The van der Waals surface area contributed by atoms with Crippen LogP contribution < -0.4 is 5.56 Å². The van der Waals surface area contributed by atoms with Gasteiger partial charge in [-0.25, -0.2) is 4.39 Å². The minimum absolute atomic E-state index is 0.164. The Labute approximate surface area is 132 Å². The molecule has 23 heavy (non-hydrogen) atoms. The van der Waals surface area contributed by atoms with E-state index in [1.54, 1.807) is 43.3 Å². The highest BCUT2D eigenvalue weighted by atomic mass is 19.1. The number of nitrogens with zero attached hydrogens (tertiary/aromatic N) is 2. The first-order valence-corrected chi connectivity index (χ1v) is 7.13. The van der Waals surface area contributed by atoms with E-state index in [1.165, 1.54) is 12.1 Å². The monoisotopic (exact) mass is 310 g/mol. The molecule has 1 aromatic heterocycles. The van der Waals surface area contributed by atoms with E-state index in [-0.39, 0.29) is 17.1 Å². The molecule has 1 N–H and O–H groups in total. The summed E-state index contributed by atoms with van der Waals surface area (Å²) in [7, 11) is 0. The van der Waals surface area contributed by atoms with Crippen molar-refractivity contribution in [3.63, 3.8) is 0 Å². The molecule has 0 aliphatic carbocycles. The third-order valence-corrected chi connectivity index (χ3v) is 3.74. The maximum atomic E-state index is 13.1. The van der Waals surface area contributed by atoms with E-state index in [2.05, 4.69) is 4.98 Å². The molecule has 0 saturated heterocycles. The van der Waals surface area contributed by atoms with Crippen LogP contribution in [0.3, 0.4) is 0 Å². The van der Waals surface area contributed by atoms with Crippen molar-refractivity contribution in [3.8, 4) is 22.6 Å². The molecule has 0 saturated carbocycles. The van der Waals surface area contributed by atoms with E-state index in [0.29, 0.717) is 22.6 Å². The number of rotatable bonds is 2. The molecule has 0 amide bonds. The number of aromatic nitrogens is 2. The average molecular weight is 310 g/mol. The van der Waals surface area contributed by atoms with Crippen LogP contribution in [0, 0.1) is 19.7 Å². The molecule has 0 spiro atoms. The summed E-state index contributed by atoms with van der Waals surface area (Å²) >= 11 is 0. The molecule has 5 heteroatoms. The zero-order chi connectivity index (χ0) is 16.6. The molecular formula is C18H15FN2O2. The highest BCUT2D eigenvalue weighted by Gasteiger charge is 2.15. The lowest BCUT2D eigenvalue weighted by molar-refractivity contribution is 0.475. The van der Waals surface area contributed by atoms with E-state index < -0.39 is 0 Å². The van der Waals surface area contributed by atoms with E-state index in [1.807, 2.05) is 11.5 Å². The first-order valence-electron chi connectivity index (χ1n) is 7.13. The third kappa shape index (κ3) is 2.73. The minimum atomic E-state index is -0.356. The number of aryl methyl sites for hydroxylation is 1. The number of benzene rings is 2. The molecule has 2 aromatic carbocycles. The molecule has 3 rings (SSSR count). The summed E-state index contributed by atoms with van der Waals surface area (Å²) in [6.07, 6.45) is 0. The number of phenols is 1. The lowest BCUT2D eigenvalue weighted by Crippen LogP contribution is -2.20. The molecule has 0 fully saturated rings. The van der Waals surface area contributed by atoms with Crippen LogP contribution in [-0.4, -0.2) is 14.7 Å². The number of phenolic OH excluding ortho intramolecular Hbond substituents is 1. The molecule has 0 radical (unpaired) electrons. The molecule has 116 valence electrons. The number of aromatic hydroxyl groups is 1. The number of hydrogen-bond donors (Lipinski definition) is 1. The normalized spacial score (nSPS) is 10.7. The Morgan fingerprint density at radius 2 is 1.61 bits per heavy atom. The Morgan fingerprint density at radius 3 is 2.22 bits per heavy atom. The fraction of sp³-hybridized carbons (Fsp3) is 0.111. The highest BCUT2D eigenvalue weighted by Crippen LogP contribution is 2.24. The van der Waals surface area contributed by atoms with Crippen LogP contribution in [0.4, 0.5) is 4.39 Å². The fourth-order valence-electron chi connectivity index (χ4n) is 2.69. The van der Waals surface area contributed by atoms with Gasteiger partial charge >= 0.3 is 0 Å². The van der Waals surface area contributed by atoms with Gasteiger partial charge < -0.3 is 9.67 Å². The summed E-state index contributed by atoms with van der Waals surface area (Å²) < 4.78 is 15.0. The Bertz CT molecular complexity index is 913. The van der Waals surface area contributed by atoms with Crippen LogP contribution in [0.1, 0.15) is 11.5 Å². The Hall–Kier alpha value is -2.95. The van der Waals surface area contributed by atoms with Gasteiger partial charge in [0.25, 0.3) is 5.56 Å². The molecule has 0 aliphatic heterocycles. The van der Waals surface area contributed by atoms with Crippen LogP contribution >= 0.6 is 0 Å². The Morgan fingerprint density at radius 1 is 1.00 bits per heavy atom. The maximum Gasteiger partial charge on any atom is 0.281 e. The van der Waals surface area contributed by atoms with Gasteiger partial charge in [-0.1, -0.05) is 12.1 Å². The van der Waals surface area contributed by atoms with Crippen molar-refractivity contribution in [2.75, 3.05) is 0 Å². The first-order chi connectivity index (χ1) is 11.0. The quantitative estimate of drug-likeness (QED) is 0.789. The van der Waals surface area contributed by atoms with Crippen LogP contribution in [0.5, 0.6) is 5.75 Å². The van der Waals surface area contributed by atoms with Crippen molar-refractivity contribution in [1.29, 1.82) is 0 Å². The van der Waals surface area contributed by atoms with Crippen molar-refractivity contribution in [1.82, 2.24) is 9.55 Å². The van der Waals surface area contributed by atoms with Crippen LogP contribution in [0.15, 0.2) is 53.3 Å². The molecule has 1 heterocycles. The van der Waals surface area contributed by atoms with Gasteiger partial charge in [0.2, 0.25) is 0 Å². The molecule has 4 nitrogen and oxygen atoms in total. The van der Waals surface area contributed by atoms with Crippen molar-refractivity contribution >= 4 is 0 Å². The maximum absolute atomic E-state index is 13.1. The van der Waals surface area contributed by atoms with Crippen molar-refractivity contribution in [2.45, 2.75) is 13.8 Å². The van der Waals surface area contributed by atoms with Gasteiger partial charge in [-0.2, -0.15) is 4.98 Å². The van der Waals surface area contributed by atoms with Gasteiger partial charge in [-0.3, -0.25) is 4.79 Å². The predicted molar refractivity (Wildman–Crippen MR) is 86.4 cm³/mol. The number of halogens is 1. The van der Waals surface area contributed by atoms with E-state index in [9.17, 15) is 14.3 Å². The van der Waals surface area contributed by atoms with Crippen molar-refractivity contribution in [2.24, 2.45) is 0 Å². The fourth-order valence-corrected chi connectivity index (χ4v) is 2.69. The lowest BCUT2D eigenvalue weighted by atomic mass is 10.1. The Kier molecular flexibility index (Phi) is 3.70. The smallest absolute Gasteiger partial charge is 0.281 e. The van der Waals surface area contributed by atoms with Gasteiger partial charge in [-0.15, -0.1) is 0 Å². The molecule has 0 atom stereocenters. The van der Waals surface area contributed by atoms with Gasteiger partial charge in [0.1, 0.15) is 17.4 Å². The van der Waals surface area contributed by atoms with Gasteiger partial charge in [-0.05, 0) is 55.8 Å². The zero-order valence-corrected chi connectivity index (χ0v) is 12.7. The second-order valence-electron chi connectivity index (χ2n) is 5.28. The summed E-state index contributed by atoms with van der Waals surface area (Å²) in [5, 5.41) is 9.43. The molecule has 0 unspecified atom stereocenters. The first kappa shape index (κ1) is 15.0. The molecule has 0 aliphatic rings. The van der Waals surface area contributed by atoms with Gasteiger partial charge in [0.05, 0.1) is 5.56 Å². The van der Waals surface area contributed by atoms with E-state index in [4.69, 9.17) is 0 Å². The highest BCUT2D eigenvalue weighted by molar-refractivity contribution is 5.65. The van der Waals surface area contributed by atoms with Crippen molar-refractivity contribution < 1.29 is 9.50 Å². The topological polar surface area (TPSA) is 55.1 Å². The molecule has 3 aromatic rings. The minimum Gasteiger partial charge on any atom is -0.508 e. The second kappa shape index (κ2) is 5.68. The van der Waals surface area contributed by atoms with Gasteiger partial charge in [0.15, 0.2) is 0 Å². The van der Waals surface area contributed by atoms with Crippen LogP contribution in [0.25, 0.3) is 16.8 Å². The third-order valence-electron chi connectivity index (χ3n) is 3.74. The Balaban J connectivity index is 2.26. The average Bonchev–Trinajstić information content (AvgIpc) is 2.50. The zero-order valence-electron chi connectivity index (χ0n) is 12.7. The van der Waals surface area contributed by atoms with E-state index >= 15 is 0 Å². The summed E-state index contributed by atoms with van der Waals surface area (Å²) in [5.74, 6) is 0.353. The lowest BCUT2D eigenvalue weighted by Gasteiger charge is -2.17. The molecular weight excluding hydrogens is 295 g/mol. The summed E-state index contributed by atoms with van der Waals surface area (Å²) in [6, 6.07) is 12.4. The summed E-state index contributed by atoms with van der Waals surface area (Å²) in [6.45, 7) is 3.57. The summed E-state index contributed by atoms with van der Waals surface area (Å²) in [5.41, 5.74) is 2.20. The standard InChI is InChI=1S/C18H15FN2O2/c1-11-17(13-3-5-14(19)6-4-13)18(23)20-12(2)21(11)15-7-9-16(22)10-8-15/h3-10,22H,1-2H3. The summed E-state index contributed by atoms with van der Waals surface area (Å²) in [4.78, 5) is 16.4. The largest absolute Gasteiger partial charge is 0.508 e. The van der Waals surface area contributed by atoms with Gasteiger partial charge in [0, 0.05) is 11.4 Å².